The Hall–Kier alpha value is -0.870. The number of esters is 1. The lowest BCUT2D eigenvalue weighted by Crippen LogP contribution is -2.34. The van der Waals surface area contributed by atoms with Gasteiger partial charge in [0.1, 0.15) is 10.5 Å². The van der Waals surface area contributed by atoms with Gasteiger partial charge in [-0.2, -0.15) is 0 Å². The van der Waals surface area contributed by atoms with E-state index in [1.807, 2.05) is 17.5 Å². The predicted octanol–water partition coefficient (Wildman–Crippen LogP) is 3.56. The summed E-state index contributed by atoms with van der Waals surface area (Å²) < 4.78 is 5.87. The average Bonchev–Trinajstić information content (AvgIpc) is 2.87. The lowest BCUT2D eigenvalue weighted by Gasteiger charge is -2.28. The van der Waals surface area contributed by atoms with E-state index in [9.17, 15) is 4.79 Å². The molecule has 1 aliphatic heterocycles. The van der Waals surface area contributed by atoms with Gasteiger partial charge in [0.15, 0.2) is 0 Å². The van der Waals surface area contributed by atoms with Gasteiger partial charge in [-0.05, 0) is 36.6 Å². The van der Waals surface area contributed by atoms with Crippen molar-refractivity contribution in [3.63, 3.8) is 0 Å². The molecule has 2 aliphatic carbocycles. The van der Waals surface area contributed by atoms with Gasteiger partial charge in [0.25, 0.3) is 0 Å². The lowest BCUT2D eigenvalue weighted by molar-refractivity contribution is 0.0190. The van der Waals surface area contributed by atoms with Crippen molar-refractivity contribution in [1.29, 1.82) is 0 Å². The van der Waals surface area contributed by atoms with Crippen LogP contribution in [-0.4, -0.2) is 36.1 Å². The molecule has 3 aliphatic rings. The molecule has 2 heterocycles. The first-order valence-corrected chi connectivity index (χ1v) is 9.12. The van der Waals surface area contributed by atoms with Crippen molar-refractivity contribution in [3.05, 3.63) is 22.4 Å². The van der Waals surface area contributed by atoms with Crippen molar-refractivity contribution in [2.75, 3.05) is 19.6 Å². The highest BCUT2D eigenvalue weighted by atomic mass is 32.1. The fraction of sp³-hybridized carbons (Fsp3) is 0.706. The van der Waals surface area contributed by atoms with Gasteiger partial charge in [-0.3, -0.25) is 4.90 Å². The Balaban J connectivity index is 1.32. The van der Waals surface area contributed by atoms with Crippen LogP contribution in [-0.2, 0) is 4.74 Å². The summed E-state index contributed by atoms with van der Waals surface area (Å²) in [4.78, 5) is 15.4. The van der Waals surface area contributed by atoms with Crippen LogP contribution in [0.2, 0.25) is 0 Å². The summed E-state index contributed by atoms with van der Waals surface area (Å²) in [6, 6.07) is 3.77. The highest BCUT2D eigenvalue weighted by Crippen LogP contribution is 2.53. The highest BCUT2D eigenvalue weighted by Gasteiger charge is 2.63. The van der Waals surface area contributed by atoms with Gasteiger partial charge >= 0.3 is 5.97 Å². The molecule has 3 fully saturated rings. The number of hydrogen-bond acceptors (Lipinski definition) is 4. The number of carbonyl (C=O) groups excluding carboxylic acids is 1. The van der Waals surface area contributed by atoms with Crippen LogP contribution in [0.5, 0.6) is 0 Å². The van der Waals surface area contributed by atoms with Crippen molar-refractivity contribution >= 4 is 17.3 Å². The van der Waals surface area contributed by atoms with Crippen LogP contribution < -0.4 is 0 Å². The normalized spacial score (nSPS) is 32.9. The molecule has 2 unspecified atom stereocenters. The van der Waals surface area contributed by atoms with Crippen molar-refractivity contribution in [3.8, 4) is 0 Å². The molecule has 0 bridgehead atoms. The van der Waals surface area contributed by atoms with Crippen molar-refractivity contribution in [2.24, 2.45) is 11.8 Å². The van der Waals surface area contributed by atoms with Crippen LogP contribution in [0, 0.1) is 11.8 Å². The van der Waals surface area contributed by atoms with Crippen LogP contribution in [0.3, 0.4) is 0 Å². The first-order chi connectivity index (χ1) is 10.3. The summed E-state index contributed by atoms with van der Waals surface area (Å²) in [6.07, 6.45) is 8.08. The predicted molar refractivity (Wildman–Crippen MR) is 83.6 cm³/mol. The van der Waals surface area contributed by atoms with Gasteiger partial charge in [-0.15, -0.1) is 11.3 Å². The monoisotopic (exact) mass is 305 g/mol. The number of piperidine rings is 1. The Bertz CT molecular complexity index is 509. The molecule has 1 saturated heterocycles. The summed E-state index contributed by atoms with van der Waals surface area (Å²) in [7, 11) is 0. The molecule has 4 heteroatoms. The van der Waals surface area contributed by atoms with Crippen LogP contribution in [0.4, 0.5) is 0 Å². The Morgan fingerprint density at radius 1 is 1.38 bits per heavy atom. The van der Waals surface area contributed by atoms with Crippen molar-refractivity contribution < 1.29 is 9.53 Å². The molecule has 1 aromatic heterocycles. The minimum absolute atomic E-state index is 0.119. The molecule has 3 nitrogen and oxygen atoms in total. The first-order valence-electron chi connectivity index (χ1n) is 8.24. The zero-order chi connectivity index (χ0) is 14.3. The Labute approximate surface area is 130 Å². The minimum atomic E-state index is -0.143. The quantitative estimate of drug-likeness (QED) is 0.797. The smallest absolute Gasteiger partial charge is 0.348 e. The maximum Gasteiger partial charge on any atom is 0.348 e. The zero-order valence-electron chi connectivity index (χ0n) is 12.4. The van der Waals surface area contributed by atoms with E-state index in [1.54, 1.807) is 0 Å². The SMILES string of the molecule is O=C(OC12CC1CN(CC1CCCCC1)C2)c1cccs1. The van der Waals surface area contributed by atoms with Crippen molar-refractivity contribution in [1.82, 2.24) is 4.90 Å². The van der Waals surface area contributed by atoms with Crippen LogP contribution in [0.25, 0.3) is 0 Å². The summed E-state index contributed by atoms with van der Waals surface area (Å²) in [5, 5.41) is 1.93. The maximum absolute atomic E-state index is 12.2. The molecule has 0 radical (unpaired) electrons. The minimum Gasteiger partial charge on any atom is -0.453 e. The molecule has 2 atom stereocenters. The van der Waals surface area contributed by atoms with E-state index in [4.69, 9.17) is 4.74 Å². The molecular formula is C17H23NO2S. The molecule has 114 valence electrons. The molecular weight excluding hydrogens is 282 g/mol. The molecule has 21 heavy (non-hydrogen) atoms. The second-order valence-corrected chi connectivity index (χ2v) is 7.98. The van der Waals surface area contributed by atoms with E-state index in [1.165, 1.54) is 50.0 Å². The average molecular weight is 305 g/mol. The van der Waals surface area contributed by atoms with Gasteiger partial charge < -0.3 is 4.74 Å². The fourth-order valence-corrected chi connectivity index (χ4v) is 4.80. The molecule has 1 aromatic rings. The Kier molecular flexibility index (Phi) is 3.54. The first kappa shape index (κ1) is 13.8. The van der Waals surface area contributed by atoms with E-state index >= 15 is 0 Å². The number of fused-ring (bicyclic) bond motifs is 1. The Morgan fingerprint density at radius 3 is 3.00 bits per heavy atom. The van der Waals surface area contributed by atoms with E-state index in [2.05, 4.69) is 4.90 Å². The number of hydrogen-bond donors (Lipinski definition) is 0. The standard InChI is InChI=1S/C17H23NO2S/c19-16(15-7-4-8-21-15)20-17-9-14(17)11-18(12-17)10-13-5-2-1-3-6-13/h4,7-8,13-14H,1-3,5-6,9-12H2. The maximum atomic E-state index is 12.2. The number of nitrogens with zero attached hydrogens (tertiary/aromatic N) is 1. The largest absolute Gasteiger partial charge is 0.453 e. The molecule has 0 N–H and O–H groups in total. The zero-order valence-corrected chi connectivity index (χ0v) is 13.2. The second kappa shape index (κ2) is 5.40. The van der Waals surface area contributed by atoms with Crippen LogP contribution in [0.1, 0.15) is 48.2 Å². The summed E-state index contributed by atoms with van der Waals surface area (Å²) in [5.74, 6) is 1.35. The van der Waals surface area contributed by atoms with Gasteiger partial charge in [0.05, 0.1) is 0 Å². The van der Waals surface area contributed by atoms with Gasteiger partial charge in [0, 0.05) is 25.6 Å². The highest BCUT2D eigenvalue weighted by molar-refractivity contribution is 7.11. The Morgan fingerprint density at radius 2 is 2.24 bits per heavy atom. The third kappa shape index (κ3) is 2.76. The lowest BCUT2D eigenvalue weighted by atomic mass is 9.89. The van der Waals surface area contributed by atoms with E-state index < -0.39 is 0 Å². The molecule has 0 spiro atoms. The van der Waals surface area contributed by atoms with E-state index in [0.717, 1.165) is 30.3 Å². The molecule has 2 saturated carbocycles. The summed E-state index contributed by atoms with van der Waals surface area (Å²) in [5.41, 5.74) is -0.143. The van der Waals surface area contributed by atoms with Gasteiger partial charge in [-0.25, -0.2) is 4.79 Å². The number of rotatable bonds is 4. The molecule has 4 rings (SSSR count). The molecule has 0 amide bonds. The van der Waals surface area contributed by atoms with Crippen LogP contribution in [0.15, 0.2) is 17.5 Å². The third-order valence-corrected chi connectivity index (χ3v) is 6.26. The molecule has 0 aromatic carbocycles. The fourth-order valence-electron chi connectivity index (χ4n) is 4.20. The van der Waals surface area contributed by atoms with Gasteiger partial charge in [0.2, 0.25) is 0 Å². The number of likely N-dealkylation sites (tertiary alicyclic amines) is 1. The number of carbonyl (C=O) groups is 1. The van der Waals surface area contributed by atoms with E-state index in [-0.39, 0.29) is 11.6 Å². The second-order valence-electron chi connectivity index (χ2n) is 7.03. The van der Waals surface area contributed by atoms with Gasteiger partial charge in [-0.1, -0.05) is 25.3 Å². The number of ether oxygens (including phenoxy) is 1. The summed E-state index contributed by atoms with van der Waals surface area (Å²) >= 11 is 1.47. The third-order valence-electron chi connectivity index (χ3n) is 5.41. The summed E-state index contributed by atoms with van der Waals surface area (Å²) in [6.45, 7) is 3.31. The van der Waals surface area contributed by atoms with Crippen molar-refractivity contribution in [2.45, 2.75) is 44.1 Å². The number of thiophene rings is 1. The van der Waals surface area contributed by atoms with Crippen LogP contribution >= 0.6 is 11.3 Å². The topological polar surface area (TPSA) is 29.5 Å². The van der Waals surface area contributed by atoms with E-state index in [0.29, 0.717) is 5.92 Å².